The Labute approximate surface area is 203 Å². The first-order chi connectivity index (χ1) is 16.9. The van der Waals surface area contributed by atoms with Gasteiger partial charge in [-0.15, -0.1) is 0 Å². The van der Waals surface area contributed by atoms with Crippen LogP contribution in [0.2, 0.25) is 0 Å². The predicted molar refractivity (Wildman–Crippen MR) is 131 cm³/mol. The van der Waals surface area contributed by atoms with Gasteiger partial charge in [0.15, 0.2) is 11.5 Å². The van der Waals surface area contributed by atoms with Crippen molar-refractivity contribution < 1.29 is 18.9 Å². The Balaban J connectivity index is 1.90. The van der Waals surface area contributed by atoms with Crippen molar-refractivity contribution in [2.45, 2.75) is 25.8 Å². The monoisotopic (exact) mass is 473 g/mol. The Hall–Kier alpha value is -4.38. The summed E-state index contributed by atoms with van der Waals surface area (Å²) in [5.74, 6) is 0.738. The van der Waals surface area contributed by atoms with Crippen molar-refractivity contribution in [2.24, 2.45) is 5.73 Å². The third-order valence-electron chi connectivity index (χ3n) is 6.18. The summed E-state index contributed by atoms with van der Waals surface area (Å²) >= 11 is 0. The summed E-state index contributed by atoms with van der Waals surface area (Å²) < 4.78 is 23.9. The van der Waals surface area contributed by atoms with Gasteiger partial charge in [0.05, 0.1) is 32.8 Å². The second-order valence-electron chi connectivity index (χ2n) is 8.14. The summed E-state index contributed by atoms with van der Waals surface area (Å²) in [6, 6.07) is 17.3. The number of ether oxygens (including phenoxy) is 4. The molecular formula is C27H27N3O5. The van der Waals surface area contributed by atoms with Gasteiger partial charge in [-0.05, 0) is 36.6 Å². The molecule has 0 bridgehead atoms. The fourth-order valence-electron chi connectivity index (χ4n) is 4.45. The Morgan fingerprint density at radius 3 is 2.29 bits per heavy atom. The van der Waals surface area contributed by atoms with Gasteiger partial charge in [-0.3, -0.25) is 4.79 Å². The molecule has 2 aromatic carbocycles. The van der Waals surface area contributed by atoms with Crippen LogP contribution in [0.3, 0.4) is 0 Å². The first kappa shape index (κ1) is 23.8. The van der Waals surface area contributed by atoms with E-state index in [1.807, 2.05) is 37.3 Å². The number of pyridine rings is 1. The van der Waals surface area contributed by atoms with Crippen LogP contribution < -0.4 is 30.2 Å². The van der Waals surface area contributed by atoms with Gasteiger partial charge < -0.3 is 29.2 Å². The topological polar surface area (TPSA) is 109 Å². The van der Waals surface area contributed by atoms with Gasteiger partial charge in [-0.25, -0.2) is 0 Å². The third-order valence-corrected chi connectivity index (χ3v) is 6.18. The molecule has 35 heavy (non-hydrogen) atoms. The molecule has 2 heterocycles. The number of nitriles is 1. The van der Waals surface area contributed by atoms with Gasteiger partial charge in [0, 0.05) is 18.3 Å². The van der Waals surface area contributed by atoms with E-state index in [2.05, 4.69) is 6.07 Å². The van der Waals surface area contributed by atoms with Crippen molar-refractivity contribution in [2.75, 3.05) is 21.3 Å². The smallest absolute Gasteiger partial charge is 0.258 e. The SMILES string of the molecule is COc1cc([C@H]2C(C#N)=C(N)Oc3cc(C)n(CCc4ccccc4)c(=O)c32)cc(OC)c1OC. The van der Waals surface area contributed by atoms with Crippen LogP contribution in [-0.2, 0) is 13.0 Å². The molecule has 2 N–H and O–H groups in total. The number of allylic oxidation sites excluding steroid dienone is 1. The first-order valence-electron chi connectivity index (χ1n) is 11.1. The molecule has 0 aliphatic carbocycles. The lowest BCUT2D eigenvalue weighted by Crippen LogP contribution is -2.33. The Kier molecular flexibility index (Phi) is 6.69. The molecule has 1 aromatic heterocycles. The zero-order valence-electron chi connectivity index (χ0n) is 20.1. The minimum absolute atomic E-state index is 0.0420. The Morgan fingerprint density at radius 1 is 1.06 bits per heavy atom. The number of nitrogens with zero attached hydrogens (tertiary/aromatic N) is 2. The number of rotatable bonds is 7. The molecule has 0 spiro atoms. The van der Waals surface area contributed by atoms with Crippen LogP contribution in [0, 0.1) is 18.3 Å². The number of fused-ring (bicyclic) bond motifs is 1. The van der Waals surface area contributed by atoms with E-state index in [9.17, 15) is 10.1 Å². The molecule has 1 aliphatic rings. The van der Waals surface area contributed by atoms with Crippen LogP contribution in [0.25, 0.3) is 0 Å². The number of benzene rings is 2. The number of aromatic nitrogens is 1. The highest BCUT2D eigenvalue weighted by Crippen LogP contribution is 2.46. The molecule has 3 aromatic rings. The van der Waals surface area contributed by atoms with E-state index in [-0.39, 0.29) is 17.0 Å². The summed E-state index contributed by atoms with van der Waals surface area (Å²) in [4.78, 5) is 13.9. The van der Waals surface area contributed by atoms with Crippen molar-refractivity contribution in [1.82, 2.24) is 4.57 Å². The Morgan fingerprint density at radius 2 is 1.71 bits per heavy atom. The predicted octanol–water partition coefficient (Wildman–Crippen LogP) is 3.64. The molecule has 0 radical (unpaired) electrons. The molecule has 0 unspecified atom stereocenters. The molecular weight excluding hydrogens is 446 g/mol. The van der Waals surface area contributed by atoms with Crippen molar-refractivity contribution in [1.29, 1.82) is 5.26 Å². The Bertz CT molecular complexity index is 1360. The van der Waals surface area contributed by atoms with Gasteiger partial charge >= 0.3 is 0 Å². The van der Waals surface area contributed by atoms with E-state index in [0.29, 0.717) is 47.1 Å². The average Bonchev–Trinajstić information content (AvgIpc) is 2.87. The summed E-state index contributed by atoms with van der Waals surface area (Å²) in [6.45, 7) is 2.33. The molecule has 1 atom stereocenters. The number of methoxy groups -OCH3 is 3. The van der Waals surface area contributed by atoms with Gasteiger partial charge in [0.1, 0.15) is 17.4 Å². The van der Waals surface area contributed by atoms with Crippen LogP contribution in [0.1, 0.15) is 28.3 Å². The second kappa shape index (κ2) is 9.85. The minimum atomic E-state index is -0.770. The van der Waals surface area contributed by atoms with E-state index in [4.69, 9.17) is 24.7 Å². The van der Waals surface area contributed by atoms with Crippen molar-refractivity contribution in [3.8, 4) is 29.1 Å². The molecule has 0 saturated heterocycles. The molecule has 0 saturated carbocycles. The van der Waals surface area contributed by atoms with Crippen LogP contribution in [-0.4, -0.2) is 25.9 Å². The number of hydrogen-bond donors (Lipinski definition) is 1. The highest BCUT2D eigenvalue weighted by molar-refractivity contribution is 5.61. The van der Waals surface area contributed by atoms with Crippen molar-refractivity contribution >= 4 is 0 Å². The van der Waals surface area contributed by atoms with Crippen LogP contribution >= 0.6 is 0 Å². The molecule has 8 nitrogen and oxygen atoms in total. The highest BCUT2D eigenvalue weighted by atomic mass is 16.5. The second-order valence-corrected chi connectivity index (χ2v) is 8.14. The van der Waals surface area contributed by atoms with Gasteiger partial charge in [-0.1, -0.05) is 30.3 Å². The van der Waals surface area contributed by atoms with E-state index < -0.39 is 5.92 Å². The normalized spacial score (nSPS) is 14.5. The lowest BCUT2D eigenvalue weighted by atomic mass is 9.83. The molecule has 0 amide bonds. The summed E-state index contributed by atoms with van der Waals surface area (Å²) in [6.07, 6.45) is 0.680. The lowest BCUT2D eigenvalue weighted by molar-refractivity contribution is 0.323. The van der Waals surface area contributed by atoms with Gasteiger partial charge in [-0.2, -0.15) is 5.26 Å². The van der Waals surface area contributed by atoms with Crippen LogP contribution in [0.5, 0.6) is 23.0 Å². The van der Waals surface area contributed by atoms with E-state index in [0.717, 1.165) is 11.3 Å². The zero-order chi connectivity index (χ0) is 25.1. The number of hydrogen-bond acceptors (Lipinski definition) is 7. The lowest BCUT2D eigenvalue weighted by Gasteiger charge is -2.28. The van der Waals surface area contributed by atoms with E-state index >= 15 is 0 Å². The van der Waals surface area contributed by atoms with E-state index in [1.54, 1.807) is 22.8 Å². The molecule has 4 rings (SSSR count). The molecule has 1 aliphatic heterocycles. The van der Waals surface area contributed by atoms with E-state index in [1.165, 1.54) is 21.3 Å². The third kappa shape index (κ3) is 4.28. The molecule has 180 valence electrons. The van der Waals surface area contributed by atoms with Crippen molar-refractivity contribution in [3.63, 3.8) is 0 Å². The molecule has 0 fully saturated rings. The standard InChI is InChI=1S/C27H27N3O5/c1-16-12-20-24(27(31)30(16)11-10-17-8-6-5-7-9-17)23(19(15-28)26(29)35-20)18-13-21(32-2)25(34-4)22(14-18)33-3/h5-9,12-14,23H,10-11,29H2,1-4H3/t23-/m0/s1. The van der Waals surface area contributed by atoms with Gasteiger partial charge in [0.25, 0.3) is 5.56 Å². The maximum Gasteiger partial charge on any atom is 0.258 e. The zero-order valence-corrected chi connectivity index (χ0v) is 20.1. The fourth-order valence-corrected chi connectivity index (χ4v) is 4.45. The summed E-state index contributed by atoms with van der Waals surface area (Å²) in [7, 11) is 4.53. The maximum atomic E-state index is 13.9. The van der Waals surface area contributed by atoms with Crippen LogP contribution in [0.4, 0.5) is 0 Å². The van der Waals surface area contributed by atoms with Gasteiger partial charge in [0.2, 0.25) is 11.6 Å². The summed E-state index contributed by atoms with van der Waals surface area (Å²) in [5.41, 5.74) is 8.83. The largest absolute Gasteiger partial charge is 0.493 e. The number of nitrogens with two attached hydrogens (primary N) is 1. The molecule has 8 heteroatoms. The van der Waals surface area contributed by atoms with Crippen LogP contribution in [0.15, 0.2) is 64.8 Å². The minimum Gasteiger partial charge on any atom is -0.493 e. The summed E-state index contributed by atoms with van der Waals surface area (Å²) in [5, 5.41) is 9.98. The quantitative estimate of drug-likeness (QED) is 0.558. The average molecular weight is 474 g/mol. The highest BCUT2D eigenvalue weighted by Gasteiger charge is 2.35. The number of aryl methyl sites for hydroxylation is 2. The van der Waals surface area contributed by atoms with Crippen molar-refractivity contribution in [3.05, 3.63) is 92.7 Å². The fraction of sp³-hybridized carbons (Fsp3) is 0.259. The maximum absolute atomic E-state index is 13.9. The first-order valence-corrected chi connectivity index (χ1v) is 11.1.